The number of likely N-dealkylation sites (tertiary alicyclic amines) is 2. The molecule has 0 N–H and O–H groups in total. The number of nitrogens with zero attached hydrogens (tertiary/aromatic N) is 3. The Morgan fingerprint density at radius 1 is 1.04 bits per heavy atom. The number of rotatable bonds is 4. The van der Waals surface area contributed by atoms with E-state index in [2.05, 4.69) is 4.90 Å². The van der Waals surface area contributed by atoms with E-state index in [9.17, 15) is 9.59 Å². The third kappa shape index (κ3) is 3.28. The van der Waals surface area contributed by atoms with E-state index in [0.29, 0.717) is 12.0 Å². The van der Waals surface area contributed by atoms with E-state index < -0.39 is 0 Å². The molecule has 3 saturated heterocycles. The molecule has 0 aromatic heterocycles. The summed E-state index contributed by atoms with van der Waals surface area (Å²) in [6, 6.07) is 9.59. The Hall–Kier alpha value is -1.92. The van der Waals surface area contributed by atoms with Crippen molar-refractivity contribution in [1.29, 1.82) is 0 Å². The van der Waals surface area contributed by atoms with Crippen LogP contribution in [0, 0.1) is 0 Å². The minimum absolute atomic E-state index is 0.0323. The Balaban J connectivity index is 1.39. The molecular formula is C19H25N3O3. The molecule has 2 amide bonds. The predicted molar refractivity (Wildman–Crippen MR) is 93.3 cm³/mol. The number of hydrogen-bond donors (Lipinski definition) is 0. The quantitative estimate of drug-likeness (QED) is 0.813. The lowest BCUT2D eigenvalue weighted by atomic mass is 10.1. The van der Waals surface area contributed by atoms with Gasteiger partial charge in [-0.2, -0.15) is 0 Å². The maximum absolute atomic E-state index is 12.8. The Bertz CT molecular complexity index is 630. The van der Waals surface area contributed by atoms with Crippen molar-refractivity contribution in [3.05, 3.63) is 35.9 Å². The van der Waals surface area contributed by atoms with E-state index in [4.69, 9.17) is 4.74 Å². The van der Waals surface area contributed by atoms with Crippen molar-refractivity contribution in [2.24, 2.45) is 0 Å². The van der Waals surface area contributed by atoms with Crippen LogP contribution in [0.2, 0.25) is 0 Å². The van der Waals surface area contributed by atoms with Crippen LogP contribution in [0.4, 0.5) is 0 Å². The van der Waals surface area contributed by atoms with Gasteiger partial charge in [0.2, 0.25) is 5.91 Å². The Morgan fingerprint density at radius 2 is 1.80 bits per heavy atom. The molecule has 0 spiro atoms. The van der Waals surface area contributed by atoms with Gasteiger partial charge in [0, 0.05) is 44.7 Å². The highest BCUT2D eigenvalue weighted by Gasteiger charge is 2.48. The van der Waals surface area contributed by atoms with E-state index in [1.807, 2.05) is 40.1 Å². The van der Waals surface area contributed by atoms with Gasteiger partial charge in [0.15, 0.2) is 0 Å². The molecule has 2 atom stereocenters. The summed E-state index contributed by atoms with van der Waals surface area (Å²) in [5.74, 6) is 0.241. The minimum atomic E-state index is 0.0323. The van der Waals surface area contributed by atoms with Crippen LogP contribution in [0.3, 0.4) is 0 Å². The van der Waals surface area contributed by atoms with Crippen molar-refractivity contribution >= 4 is 11.8 Å². The van der Waals surface area contributed by atoms with Crippen molar-refractivity contribution in [2.45, 2.75) is 24.9 Å². The molecule has 3 aliphatic heterocycles. The van der Waals surface area contributed by atoms with Gasteiger partial charge < -0.3 is 14.5 Å². The lowest BCUT2D eigenvalue weighted by molar-refractivity contribution is -0.129. The fraction of sp³-hybridized carbons (Fsp3) is 0.579. The lowest BCUT2D eigenvalue weighted by Gasteiger charge is -2.30. The molecule has 6 nitrogen and oxygen atoms in total. The standard InChI is InChI=1S/C19H25N3O3/c23-18-14-17-16(21(18)9-8-20-10-12-25-13-11-20)6-7-22(17)19(24)15-4-2-1-3-5-15/h1-5,16-17H,6-14H2/t16-,17+/m1/s1. The summed E-state index contributed by atoms with van der Waals surface area (Å²) in [5, 5.41) is 0. The van der Waals surface area contributed by atoms with Crippen molar-refractivity contribution < 1.29 is 14.3 Å². The van der Waals surface area contributed by atoms with Crippen LogP contribution in [0.25, 0.3) is 0 Å². The van der Waals surface area contributed by atoms with Crippen molar-refractivity contribution in [2.75, 3.05) is 45.9 Å². The molecule has 0 unspecified atom stereocenters. The van der Waals surface area contributed by atoms with Crippen LogP contribution in [0.1, 0.15) is 23.2 Å². The molecule has 3 fully saturated rings. The maximum Gasteiger partial charge on any atom is 0.254 e. The second kappa shape index (κ2) is 7.14. The van der Waals surface area contributed by atoms with Crippen molar-refractivity contribution in [1.82, 2.24) is 14.7 Å². The first-order valence-corrected chi connectivity index (χ1v) is 9.19. The van der Waals surface area contributed by atoms with Crippen LogP contribution in [-0.4, -0.2) is 84.5 Å². The van der Waals surface area contributed by atoms with Crippen molar-refractivity contribution in [3.63, 3.8) is 0 Å². The molecular weight excluding hydrogens is 318 g/mol. The Kier molecular flexibility index (Phi) is 4.72. The Morgan fingerprint density at radius 3 is 2.56 bits per heavy atom. The molecule has 3 aliphatic rings. The number of carbonyl (C=O) groups excluding carboxylic acids is 2. The van der Waals surface area contributed by atoms with Gasteiger partial charge in [-0.15, -0.1) is 0 Å². The summed E-state index contributed by atoms with van der Waals surface area (Å²) in [4.78, 5) is 31.6. The summed E-state index contributed by atoms with van der Waals surface area (Å²) >= 11 is 0. The van der Waals surface area contributed by atoms with Gasteiger partial charge in [-0.3, -0.25) is 14.5 Å². The number of amides is 2. The largest absolute Gasteiger partial charge is 0.379 e. The number of carbonyl (C=O) groups is 2. The number of benzene rings is 1. The van der Waals surface area contributed by atoms with Crippen LogP contribution in [0.15, 0.2) is 30.3 Å². The van der Waals surface area contributed by atoms with E-state index in [0.717, 1.165) is 52.4 Å². The fourth-order valence-electron chi connectivity index (χ4n) is 4.29. The summed E-state index contributed by atoms with van der Waals surface area (Å²) < 4.78 is 5.38. The fourth-order valence-corrected chi connectivity index (χ4v) is 4.29. The smallest absolute Gasteiger partial charge is 0.254 e. The first kappa shape index (κ1) is 16.5. The van der Waals surface area contributed by atoms with E-state index in [1.54, 1.807) is 0 Å². The Labute approximate surface area is 148 Å². The number of ether oxygens (including phenoxy) is 1. The number of fused-ring (bicyclic) bond motifs is 1. The molecule has 3 heterocycles. The maximum atomic E-state index is 12.8. The van der Waals surface area contributed by atoms with Crippen LogP contribution in [0.5, 0.6) is 0 Å². The van der Waals surface area contributed by atoms with Gasteiger partial charge in [-0.1, -0.05) is 18.2 Å². The highest BCUT2D eigenvalue weighted by molar-refractivity contribution is 5.95. The zero-order valence-corrected chi connectivity index (χ0v) is 14.5. The highest BCUT2D eigenvalue weighted by atomic mass is 16.5. The van der Waals surface area contributed by atoms with Crippen LogP contribution < -0.4 is 0 Å². The van der Waals surface area contributed by atoms with Gasteiger partial charge in [-0.25, -0.2) is 0 Å². The number of hydrogen-bond acceptors (Lipinski definition) is 4. The monoisotopic (exact) mass is 343 g/mol. The normalized spacial score (nSPS) is 27.0. The highest BCUT2D eigenvalue weighted by Crippen LogP contribution is 2.33. The molecule has 1 aromatic carbocycles. The minimum Gasteiger partial charge on any atom is -0.379 e. The van der Waals surface area contributed by atoms with Gasteiger partial charge in [0.25, 0.3) is 5.91 Å². The van der Waals surface area contributed by atoms with Crippen LogP contribution in [-0.2, 0) is 9.53 Å². The summed E-state index contributed by atoms with van der Waals surface area (Å²) in [5.41, 5.74) is 0.711. The first-order chi connectivity index (χ1) is 12.2. The second-order valence-corrected chi connectivity index (χ2v) is 7.03. The average molecular weight is 343 g/mol. The molecule has 0 bridgehead atoms. The number of morpholine rings is 1. The topological polar surface area (TPSA) is 53.1 Å². The molecule has 4 rings (SSSR count). The predicted octanol–water partition coefficient (Wildman–Crippen LogP) is 0.834. The SMILES string of the molecule is O=C1C[C@H]2[C@@H](CCN2C(=O)c2ccccc2)N1CCN1CCOCC1. The summed E-state index contributed by atoms with van der Waals surface area (Å²) in [6.07, 6.45) is 1.35. The molecule has 0 saturated carbocycles. The van der Waals surface area contributed by atoms with Gasteiger partial charge in [-0.05, 0) is 18.6 Å². The van der Waals surface area contributed by atoms with Crippen molar-refractivity contribution in [3.8, 4) is 0 Å². The lowest BCUT2D eigenvalue weighted by Crippen LogP contribution is -2.45. The molecule has 0 radical (unpaired) electrons. The van der Waals surface area contributed by atoms with Gasteiger partial charge in [0.1, 0.15) is 0 Å². The molecule has 25 heavy (non-hydrogen) atoms. The van der Waals surface area contributed by atoms with E-state index in [1.165, 1.54) is 0 Å². The average Bonchev–Trinajstić information content (AvgIpc) is 3.19. The first-order valence-electron chi connectivity index (χ1n) is 9.19. The summed E-state index contributed by atoms with van der Waals surface area (Å²) in [7, 11) is 0. The third-order valence-electron chi connectivity index (χ3n) is 5.66. The van der Waals surface area contributed by atoms with Gasteiger partial charge >= 0.3 is 0 Å². The zero-order valence-electron chi connectivity index (χ0n) is 14.5. The molecule has 6 heteroatoms. The van der Waals surface area contributed by atoms with Crippen LogP contribution >= 0.6 is 0 Å². The third-order valence-corrected chi connectivity index (χ3v) is 5.66. The molecule has 134 valence electrons. The van der Waals surface area contributed by atoms with E-state index >= 15 is 0 Å². The molecule has 0 aliphatic carbocycles. The second-order valence-electron chi connectivity index (χ2n) is 7.03. The zero-order chi connectivity index (χ0) is 17.2. The summed E-state index contributed by atoms with van der Waals surface area (Å²) in [6.45, 7) is 5.82. The molecule has 1 aromatic rings. The van der Waals surface area contributed by atoms with E-state index in [-0.39, 0.29) is 23.9 Å². The van der Waals surface area contributed by atoms with Gasteiger partial charge in [0.05, 0.1) is 25.3 Å².